The number of carbonyl (C=O) groups excluding carboxylic acids is 1. The maximum atomic E-state index is 13.5. The molecule has 9 nitrogen and oxygen atoms in total. The third-order valence-corrected chi connectivity index (χ3v) is 5.87. The van der Waals surface area contributed by atoms with Crippen molar-refractivity contribution in [2.75, 3.05) is 18.0 Å². The lowest BCUT2D eigenvalue weighted by atomic mass is 10.1. The van der Waals surface area contributed by atoms with E-state index < -0.39 is 11.2 Å². The van der Waals surface area contributed by atoms with E-state index in [0.29, 0.717) is 35.8 Å². The van der Waals surface area contributed by atoms with E-state index in [0.717, 1.165) is 24.0 Å². The first kappa shape index (κ1) is 21.8. The Morgan fingerprint density at radius 3 is 2.66 bits per heavy atom. The number of benzene rings is 1. The van der Waals surface area contributed by atoms with Crippen LogP contribution in [0.4, 0.5) is 5.95 Å². The molecule has 32 heavy (non-hydrogen) atoms. The zero-order valence-electron chi connectivity index (χ0n) is 18.4. The summed E-state index contributed by atoms with van der Waals surface area (Å²) in [6, 6.07) is 8.68. The Morgan fingerprint density at radius 2 is 1.97 bits per heavy atom. The molecule has 3 heterocycles. The normalized spacial score (nSPS) is 16.8. The highest BCUT2D eigenvalue weighted by Crippen LogP contribution is 2.23. The summed E-state index contributed by atoms with van der Waals surface area (Å²) in [6.07, 6.45) is 5.71. The Balaban J connectivity index is 1.88. The number of aromatic nitrogens is 4. The minimum atomic E-state index is -0.565. The standard InChI is InChI=1S/C23H28N6O3/c1-3-4-13-28-19-20(25-22(28)27-12-8-11-17(24)14-27)26(2)23(32)29(21(19)31)15-18(30)16-9-6-5-7-10-16/h3-7,9-10,17H,8,11-15,24H2,1-2H3/t17-/m1/s1. The van der Waals surface area contributed by atoms with Crippen LogP contribution in [0.25, 0.3) is 11.2 Å². The number of Topliss-reactive ketones (excluding diaryl/α,β-unsaturated/α-hetero) is 1. The molecule has 4 rings (SSSR count). The minimum absolute atomic E-state index is 0.0303. The van der Waals surface area contributed by atoms with Crippen LogP contribution in [0.2, 0.25) is 0 Å². The third-order valence-electron chi connectivity index (χ3n) is 5.87. The molecule has 0 amide bonds. The molecule has 9 heteroatoms. The van der Waals surface area contributed by atoms with Crippen molar-refractivity contribution in [1.82, 2.24) is 18.7 Å². The molecule has 0 radical (unpaired) electrons. The van der Waals surface area contributed by atoms with Gasteiger partial charge in [-0.3, -0.25) is 18.7 Å². The zero-order chi connectivity index (χ0) is 22.8. The molecule has 2 aromatic heterocycles. The van der Waals surface area contributed by atoms with Crippen molar-refractivity contribution in [3.8, 4) is 0 Å². The van der Waals surface area contributed by atoms with E-state index >= 15 is 0 Å². The molecule has 1 aromatic carbocycles. The molecule has 3 aromatic rings. The van der Waals surface area contributed by atoms with Crippen LogP contribution in [0, 0.1) is 0 Å². The first-order valence-electron chi connectivity index (χ1n) is 10.8. The van der Waals surface area contributed by atoms with Crippen LogP contribution in [-0.2, 0) is 20.1 Å². The smallest absolute Gasteiger partial charge is 0.332 e. The summed E-state index contributed by atoms with van der Waals surface area (Å²) in [5.74, 6) is 0.318. The van der Waals surface area contributed by atoms with Crippen molar-refractivity contribution in [1.29, 1.82) is 0 Å². The number of fused-ring (bicyclic) bond motifs is 1. The number of hydrogen-bond donors (Lipinski definition) is 1. The fourth-order valence-corrected chi connectivity index (χ4v) is 4.18. The van der Waals surface area contributed by atoms with E-state index in [4.69, 9.17) is 5.73 Å². The molecule has 0 spiro atoms. The molecule has 168 valence electrons. The molecule has 0 aliphatic carbocycles. The van der Waals surface area contributed by atoms with Crippen molar-refractivity contribution in [3.63, 3.8) is 0 Å². The van der Waals surface area contributed by atoms with Gasteiger partial charge in [0.2, 0.25) is 5.95 Å². The fourth-order valence-electron chi connectivity index (χ4n) is 4.18. The molecular formula is C23H28N6O3. The van der Waals surface area contributed by atoms with Gasteiger partial charge >= 0.3 is 5.69 Å². The van der Waals surface area contributed by atoms with Crippen LogP contribution >= 0.6 is 0 Å². The molecule has 1 aliphatic heterocycles. The number of piperidine rings is 1. The number of allylic oxidation sites excluding steroid dienone is 2. The monoisotopic (exact) mass is 436 g/mol. The van der Waals surface area contributed by atoms with Gasteiger partial charge in [-0.1, -0.05) is 42.5 Å². The van der Waals surface area contributed by atoms with E-state index in [1.54, 1.807) is 31.3 Å². The Hall–Kier alpha value is -3.46. The van der Waals surface area contributed by atoms with E-state index in [2.05, 4.69) is 9.88 Å². The molecule has 0 bridgehead atoms. The van der Waals surface area contributed by atoms with Crippen LogP contribution in [0.1, 0.15) is 30.1 Å². The summed E-state index contributed by atoms with van der Waals surface area (Å²) in [5.41, 5.74) is 6.16. The van der Waals surface area contributed by atoms with Gasteiger partial charge in [0.1, 0.15) is 0 Å². The predicted molar refractivity (Wildman–Crippen MR) is 124 cm³/mol. The van der Waals surface area contributed by atoms with Crippen LogP contribution in [0.5, 0.6) is 0 Å². The number of nitrogens with two attached hydrogens (primary N) is 1. The second-order valence-electron chi connectivity index (χ2n) is 8.13. The van der Waals surface area contributed by atoms with E-state index in [1.165, 1.54) is 4.57 Å². The van der Waals surface area contributed by atoms with E-state index in [9.17, 15) is 14.4 Å². The van der Waals surface area contributed by atoms with Gasteiger partial charge in [0, 0.05) is 38.3 Å². The lowest BCUT2D eigenvalue weighted by molar-refractivity contribution is 0.0969. The molecule has 2 N–H and O–H groups in total. The molecule has 0 saturated carbocycles. The van der Waals surface area contributed by atoms with Crippen molar-refractivity contribution < 1.29 is 4.79 Å². The summed E-state index contributed by atoms with van der Waals surface area (Å²) in [4.78, 5) is 46.0. The third kappa shape index (κ3) is 3.91. The number of nitrogens with zero attached hydrogens (tertiary/aromatic N) is 5. The maximum absolute atomic E-state index is 13.5. The van der Waals surface area contributed by atoms with Crippen LogP contribution < -0.4 is 21.9 Å². The summed E-state index contributed by atoms with van der Waals surface area (Å²) in [6.45, 7) is 3.41. The highest BCUT2D eigenvalue weighted by molar-refractivity contribution is 5.95. The SMILES string of the molecule is CC=CCn1c(N2CCC[C@@H](N)C2)nc2c1c(=O)n(CC(=O)c1ccccc1)c(=O)n2C. The first-order valence-corrected chi connectivity index (χ1v) is 10.8. The van der Waals surface area contributed by atoms with Gasteiger partial charge in [-0.2, -0.15) is 4.98 Å². The second-order valence-corrected chi connectivity index (χ2v) is 8.13. The number of rotatable bonds is 6. The van der Waals surface area contributed by atoms with Gasteiger partial charge in [0.05, 0.1) is 6.54 Å². The Kier molecular flexibility index (Phi) is 6.09. The summed E-state index contributed by atoms with van der Waals surface area (Å²) < 4.78 is 4.16. The molecule has 0 unspecified atom stereocenters. The molecule has 1 aliphatic rings. The van der Waals surface area contributed by atoms with Crippen molar-refractivity contribution >= 4 is 22.9 Å². The lowest BCUT2D eigenvalue weighted by Gasteiger charge is -2.31. The van der Waals surface area contributed by atoms with Crippen LogP contribution in [-0.4, -0.2) is 43.6 Å². The Bertz CT molecular complexity index is 1290. The van der Waals surface area contributed by atoms with Gasteiger partial charge in [-0.15, -0.1) is 0 Å². The van der Waals surface area contributed by atoms with Crippen molar-refractivity contribution in [3.05, 3.63) is 68.9 Å². The molecule has 1 fully saturated rings. The average molecular weight is 437 g/mol. The topological polar surface area (TPSA) is 108 Å². The molecular weight excluding hydrogens is 408 g/mol. The number of hydrogen-bond acceptors (Lipinski definition) is 6. The predicted octanol–water partition coefficient (Wildman–Crippen LogP) is 1.28. The highest BCUT2D eigenvalue weighted by Gasteiger charge is 2.26. The largest absolute Gasteiger partial charge is 0.341 e. The van der Waals surface area contributed by atoms with Crippen LogP contribution in [0.15, 0.2) is 52.1 Å². The number of anilines is 1. The number of ketones is 1. The van der Waals surface area contributed by atoms with Gasteiger partial charge < -0.3 is 15.2 Å². The molecule has 1 saturated heterocycles. The van der Waals surface area contributed by atoms with Crippen LogP contribution in [0.3, 0.4) is 0 Å². The van der Waals surface area contributed by atoms with Gasteiger partial charge in [0.15, 0.2) is 16.9 Å². The van der Waals surface area contributed by atoms with E-state index in [-0.39, 0.29) is 18.4 Å². The van der Waals surface area contributed by atoms with Gasteiger partial charge in [-0.05, 0) is 19.8 Å². The number of carbonyl (C=O) groups is 1. The van der Waals surface area contributed by atoms with Gasteiger partial charge in [-0.25, -0.2) is 4.79 Å². The second kappa shape index (κ2) is 8.96. The highest BCUT2D eigenvalue weighted by atomic mass is 16.2. The Labute approximate surface area is 185 Å². The Morgan fingerprint density at radius 1 is 1.22 bits per heavy atom. The van der Waals surface area contributed by atoms with E-state index in [1.807, 2.05) is 29.7 Å². The molecule has 1 atom stereocenters. The summed E-state index contributed by atoms with van der Waals surface area (Å²) in [5, 5.41) is 0. The minimum Gasteiger partial charge on any atom is -0.341 e. The summed E-state index contributed by atoms with van der Waals surface area (Å²) in [7, 11) is 1.58. The first-order chi connectivity index (χ1) is 15.4. The number of aryl methyl sites for hydroxylation is 1. The lowest BCUT2D eigenvalue weighted by Crippen LogP contribution is -2.44. The summed E-state index contributed by atoms with van der Waals surface area (Å²) >= 11 is 0. The average Bonchev–Trinajstić information content (AvgIpc) is 3.19. The van der Waals surface area contributed by atoms with Crippen molar-refractivity contribution in [2.45, 2.75) is 38.9 Å². The fraction of sp³-hybridized carbons (Fsp3) is 0.391. The number of imidazole rings is 1. The maximum Gasteiger partial charge on any atom is 0.332 e. The van der Waals surface area contributed by atoms with Gasteiger partial charge in [0.25, 0.3) is 5.56 Å². The zero-order valence-corrected chi connectivity index (χ0v) is 18.4. The quantitative estimate of drug-likeness (QED) is 0.461. The van der Waals surface area contributed by atoms with Crippen molar-refractivity contribution in [2.24, 2.45) is 12.8 Å².